The highest BCUT2D eigenvalue weighted by Gasteiger charge is 2.15. The van der Waals surface area contributed by atoms with Crippen LogP contribution in [0.5, 0.6) is 5.75 Å². The number of rotatable bonds is 3. The molecule has 0 aliphatic carbocycles. The van der Waals surface area contributed by atoms with Crippen molar-refractivity contribution in [3.63, 3.8) is 0 Å². The van der Waals surface area contributed by atoms with Crippen LogP contribution < -0.4 is 10.3 Å². The van der Waals surface area contributed by atoms with Gasteiger partial charge in [-0.3, -0.25) is 4.79 Å². The van der Waals surface area contributed by atoms with Gasteiger partial charge in [0.25, 0.3) is 5.56 Å². The van der Waals surface area contributed by atoms with E-state index in [1.807, 2.05) is 18.2 Å². The number of halogens is 2. The van der Waals surface area contributed by atoms with E-state index in [0.29, 0.717) is 38.2 Å². The molecule has 0 spiro atoms. The highest BCUT2D eigenvalue weighted by atomic mass is 35.5. The molecule has 0 radical (unpaired) electrons. The summed E-state index contributed by atoms with van der Waals surface area (Å²) in [5.41, 5.74) is 1.91. The molecular weight excluding hydrogens is 359 g/mol. The third-order valence-electron chi connectivity index (χ3n) is 3.77. The van der Waals surface area contributed by atoms with Crippen LogP contribution in [0.2, 0.25) is 10.0 Å². The number of nitrogens with one attached hydrogen (secondary N) is 1. The van der Waals surface area contributed by atoms with Crippen molar-refractivity contribution in [3.8, 4) is 34.2 Å². The maximum Gasteiger partial charge on any atom is 0.266 e. The van der Waals surface area contributed by atoms with E-state index in [2.05, 4.69) is 4.98 Å². The molecule has 124 valence electrons. The second-order valence-corrected chi connectivity index (χ2v) is 6.06. The van der Waals surface area contributed by atoms with Gasteiger partial charge in [-0.25, -0.2) is 0 Å². The molecule has 4 nitrogen and oxygen atoms in total. The van der Waals surface area contributed by atoms with Crippen LogP contribution in [0.4, 0.5) is 0 Å². The van der Waals surface area contributed by atoms with E-state index in [4.69, 9.17) is 27.9 Å². The monoisotopic (exact) mass is 370 g/mol. The van der Waals surface area contributed by atoms with Crippen LogP contribution in [0.1, 0.15) is 5.56 Å². The molecule has 0 bridgehead atoms. The predicted molar refractivity (Wildman–Crippen MR) is 99.2 cm³/mol. The first-order valence-electron chi connectivity index (χ1n) is 7.31. The SMILES string of the molecule is COc1ccccc1-c1cc(-c2ccc(Cl)c(Cl)c2)[nH]c(=O)c1C#N. The average molecular weight is 371 g/mol. The molecule has 25 heavy (non-hydrogen) atoms. The van der Waals surface area contributed by atoms with Gasteiger partial charge >= 0.3 is 0 Å². The Kier molecular flexibility index (Phi) is 4.80. The van der Waals surface area contributed by atoms with Crippen molar-refractivity contribution < 1.29 is 4.74 Å². The molecular formula is C19H12Cl2N2O2. The number of para-hydroxylation sites is 1. The Morgan fingerprint density at radius 1 is 1.04 bits per heavy atom. The molecule has 0 unspecified atom stereocenters. The number of benzene rings is 2. The van der Waals surface area contributed by atoms with Crippen LogP contribution in [0.15, 0.2) is 53.3 Å². The van der Waals surface area contributed by atoms with Gasteiger partial charge in [-0.05, 0) is 29.8 Å². The van der Waals surface area contributed by atoms with Gasteiger partial charge in [0.1, 0.15) is 17.4 Å². The average Bonchev–Trinajstić information content (AvgIpc) is 2.63. The number of methoxy groups -OCH3 is 1. The number of aromatic amines is 1. The summed E-state index contributed by atoms with van der Waals surface area (Å²) < 4.78 is 5.36. The van der Waals surface area contributed by atoms with Crippen molar-refractivity contribution >= 4 is 23.2 Å². The third-order valence-corrected chi connectivity index (χ3v) is 4.51. The third kappa shape index (κ3) is 3.25. The minimum Gasteiger partial charge on any atom is -0.496 e. The van der Waals surface area contributed by atoms with E-state index in [1.54, 1.807) is 36.4 Å². The van der Waals surface area contributed by atoms with E-state index in [9.17, 15) is 10.1 Å². The summed E-state index contributed by atoms with van der Waals surface area (Å²) in [5, 5.41) is 10.2. The highest BCUT2D eigenvalue weighted by molar-refractivity contribution is 6.42. The van der Waals surface area contributed by atoms with Gasteiger partial charge in [-0.2, -0.15) is 5.26 Å². The zero-order valence-electron chi connectivity index (χ0n) is 13.1. The Labute approximate surface area is 154 Å². The number of hydrogen-bond acceptors (Lipinski definition) is 3. The normalized spacial score (nSPS) is 10.3. The Balaban J connectivity index is 2.28. The van der Waals surface area contributed by atoms with Crippen molar-refractivity contribution in [1.82, 2.24) is 4.98 Å². The van der Waals surface area contributed by atoms with Gasteiger partial charge in [0.05, 0.1) is 17.2 Å². The number of ether oxygens (including phenoxy) is 1. The summed E-state index contributed by atoms with van der Waals surface area (Å²) in [7, 11) is 1.54. The van der Waals surface area contributed by atoms with Gasteiger partial charge in [0.2, 0.25) is 0 Å². The lowest BCUT2D eigenvalue weighted by atomic mass is 9.98. The van der Waals surface area contributed by atoms with Crippen LogP contribution >= 0.6 is 23.2 Å². The predicted octanol–water partition coefficient (Wildman–Crippen LogP) is 4.90. The van der Waals surface area contributed by atoms with Crippen LogP contribution in [0.25, 0.3) is 22.4 Å². The Bertz CT molecular complexity index is 1050. The molecule has 0 saturated heterocycles. The zero-order valence-corrected chi connectivity index (χ0v) is 14.7. The van der Waals surface area contributed by atoms with Crippen LogP contribution in [0.3, 0.4) is 0 Å². The van der Waals surface area contributed by atoms with Gasteiger partial charge in [0, 0.05) is 16.8 Å². The number of nitriles is 1. The lowest BCUT2D eigenvalue weighted by molar-refractivity contribution is 0.416. The summed E-state index contributed by atoms with van der Waals surface area (Å²) in [5.74, 6) is 0.574. The van der Waals surface area contributed by atoms with Gasteiger partial charge in [0.15, 0.2) is 0 Å². The molecule has 2 aromatic carbocycles. The minimum atomic E-state index is -0.480. The molecule has 6 heteroatoms. The second kappa shape index (κ2) is 7.02. The number of hydrogen-bond donors (Lipinski definition) is 1. The molecule has 3 aromatic rings. The highest BCUT2D eigenvalue weighted by Crippen LogP contribution is 2.34. The second-order valence-electron chi connectivity index (χ2n) is 5.24. The van der Waals surface area contributed by atoms with E-state index < -0.39 is 5.56 Å². The van der Waals surface area contributed by atoms with Crippen LogP contribution in [-0.4, -0.2) is 12.1 Å². The first kappa shape index (κ1) is 17.1. The summed E-state index contributed by atoms with van der Waals surface area (Å²) in [4.78, 5) is 15.1. The molecule has 1 heterocycles. The number of pyridine rings is 1. The molecule has 0 fully saturated rings. The van der Waals surface area contributed by atoms with E-state index >= 15 is 0 Å². The fraction of sp³-hybridized carbons (Fsp3) is 0.0526. The van der Waals surface area contributed by atoms with E-state index in [-0.39, 0.29) is 5.56 Å². The largest absolute Gasteiger partial charge is 0.496 e. The van der Waals surface area contributed by atoms with Crippen LogP contribution in [-0.2, 0) is 0 Å². The Morgan fingerprint density at radius 3 is 2.48 bits per heavy atom. The number of aromatic nitrogens is 1. The lowest BCUT2D eigenvalue weighted by Crippen LogP contribution is -2.13. The Hall–Kier alpha value is -2.74. The zero-order chi connectivity index (χ0) is 18.0. The molecule has 0 atom stereocenters. The standard InChI is InChI=1S/C19H12Cl2N2O2/c1-25-18-5-3-2-4-12(18)13-9-17(23-19(24)14(13)10-22)11-6-7-15(20)16(21)8-11/h2-9H,1H3,(H,23,24). The van der Waals surface area contributed by atoms with Crippen molar-refractivity contribution in [2.75, 3.05) is 7.11 Å². The minimum absolute atomic E-state index is 0.0216. The number of nitrogens with zero attached hydrogens (tertiary/aromatic N) is 1. The summed E-state index contributed by atoms with van der Waals surface area (Å²) in [6.07, 6.45) is 0. The molecule has 0 aliphatic rings. The molecule has 1 N–H and O–H groups in total. The van der Waals surface area contributed by atoms with Crippen molar-refractivity contribution in [2.24, 2.45) is 0 Å². The summed E-state index contributed by atoms with van der Waals surface area (Å²) in [6.45, 7) is 0. The lowest BCUT2D eigenvalue weighted by Gasteiger charge is -2.12. The molecule has 3 rings (SSSR count). The molecule has 1 aromatic heterocycles. The molecule has 0 amide bonds. The van der Waals surface area contributed by atoms with Crippen molar-refractivity contribution in [2.45, 2.75) is 0 Å². The molecule has 0 aliphatic heterocycles. The quantitative estimate of drug-likeness (QED) is 0.713. The van der Waals surface area contributed by atoms with Gasteiger partial charge < -0.3 is 9.72 Å². The molecule has 0 saturated carbocycles. The fourth-order valence-corrected chi connectivity index (χ4v) is 2.87. The number of H-pyrrole nitrogens is 1. The Morgan fingerprint density at radius 2 is 1.80 bits per heavy atom. The smallest absolute Gasteiger partial charge is 0.266 e. The van der Waals surface area contributed by atoms with Gasteiger partial charge in [-0.15, -0.1) is 0 Å². The van der Waals surface area contributed by atoms with Crippen LogP contribution in [0, 0.1) is 11.3 Å². The van der Waals surface area contributed by atoms with Crippen molar-refractivity contribution in [1.29, 1.82) is 5.26 Å². The first-order valence-corrected chi connectivity index (χ1v) is 8.07. The van der Waals surface area contributed by atoms with Gasteiger partial charge in [-0.1, -0.05) is 47.5 Å². The van der Waals surface area contributed by atoms with Crippen molar-refractivity contribution in [3.05, 3.63) is 74.5 Å². The summed E-state index contributed by atoms with van der Waals surface area (Å²) in [6, 6.07) is 16.0. The maximum absolute atomic E-state index is 12.4. The topological polar surface area (TPSA) is 65.9 Å². The van der Waals surface area contributed by atoms with E-state index in [0.717, 1.165) is 0 Å². The fourth-order valence-electron chi connectivity index (χ4n) is 2.57. The summed E-state index contributed by atoms with van der Waals surface area (Å²) >= 11 is 12.0. The van der Waals surface area contributed by atoms with E-state index in [1.165, 1.54) is 7.11 Å². The first-order chi connectivity index (χ1) is 12.0. The maximum atomic E-state index is 12.4.